The molecule has 0 aliphatic carbocycles. The highest BCUT2D eigenvalue weighted by atomic mass is 16.6. The van der Waals surface area contributed by atoms with Crippen LogP contribution in [0.1, 0.15) is 25.1 Å². The zero-order chi connectivity index (χ0) is 14.8. The summed E-state index contributed by atoms with van der Waals surface area (Å²) in [6, 6.07) is 7.79. The van der Waals surface area contributed by atoms with Gasteiger partial charge in [-0.05, 0) is 18.9 Å². The number of benzene rings is 1. The summed E-state index contributed by atoms with van der Waals surface area (Å²) < 4.78 is 1.69. The lowest BCUT2D eigenvalue weighted by Crippen LogP contribution is -2.24. The molecule has 1 aliphatic heterocycles. The van der Waals surface area contributed by atoms with Crippen LogP contribution >= 0.6 is 0 Å². The van der Waals surface area contributed by atoms with Crippen LogP contribution in [0.5, 0.6) is 0 Å². The smallest absolute Gasteiger partial charge is 0.278 e. The fourth-order valence-corrected chi connectivity index (χ4v) is 2.70. The fraction of sp³-hybridized carbons (Fsp3) is 0.333. The molecule has 2 heterocycles. The Morgan fingerprint density at radius 3 is 2.81 bits per heavy atom. The molecule has 0 spiro atoms. The van der Waals surface area contributed by atoms with Gasteiger partial charge >= 0.3 is 0 Å². The van der Waals surface area contributed by atoms with Crippen molar-refractivity contribution >= 4 is 5.69 Å². The van der Waals surface area contributed by atoms with Crippen LogP contribution in [0, 0.1) is 10.1 Å². The number of hydrogen-bond donors (Lipinski definition) is 0. The van der Waals surface area contributed by atoms with Gasteiger partial charge in [0.25, 0.3) is 11.2 Å². The minimum absolute atomic E-state index is 0.0250. The molecule has 0 bridgehead atoms. The van der Waals surface area contributed by atoms with E-state index in [0.29, 0.717) is 17.8 Å². The maximum Gasteiger partial charge on any atom is 0.278 e. The van der Waals surface area contributed by atoms with E-state index in [1.165, 1.54) is 12.1 Å². The van der Waals surface area contributed by atoms with E-state index < -0.39 is 4.92 Å². The monoisotopic (exact) mass is 285 g/mol. The average molecular weight is 285 g/mol. The molecule has 1 aromatic heterocycles. The van der Waals surface area contributed by atoms with Crippen LogP contribution in [0.2, 0.25) is 0 Å². The van der Waals surface area contributed by atoms with Crippen LogP contribution in [0.15, 0.2) is 35.1 Å². The Balaban J connectivity index is 2.17. The van der Waals surface area contributed by atoms with Crippen molar-refractivity contribution in [2.75, 3.05) is 0 Å². The number of nitro benzene ring substituents is 1. The minimum atomic E-state index is -0.444. The molecule has 0 radical (unpaired) electrons. The zero-order valence-electron chi connectivity index (χ0n) is 11.5. The van der Waals surface area contributed by atoms with Gasteiger partial charge in [-0.15, -0.1) is 0 Å². The second-order valence-electron chi connectivity index (χ2n) is 5.13. The Labute approximate surface area is 121 Å². The van der Waals surface area contributed by atoms with E-state index in [-0.39, 0.29) is 11.2 Å². The highest BCUT2D eigenvalue weighted by Gasteiger charge is 2.18. The van der Waals surface area contributed by atoms with Gasteiger partial charge in [-0.25, -0.2) is 4.98 Å². The largest absolute Gasteiger partial charge is 0.297 e. The fourth-order valence-electron chi connectivity index (χ4n) is 2.70. The van der Waals surface area contributed by atoms with Crippen molar-refractivity contribution in [2.45, 2.75) is 32.2 Å². The SMILES string of the molecule is O=c1cc(-c2ccccc2[N+](=O)[O-])nc2n1CCCCC2. The molecular weight excluding hydrogens is 270 g/mol. The summed E-state index contributed by atoms with van der Waals surface area (Å²) in [6.45, 7) is 0.679. The lowest BCUT2D eigenvalue weighted by molar-refractivity contribution is -0.384. The molecule has 21 heavy (non-hydrogen) atoms. The summed E-state index contributed by atoms with van der Waals surface area (Å²) in [4.78, 5) is 27.4. The summed E-state index contributed by atoms with van der Waals surface area (Å²) in [5, 5.41) is 11.1. The molecule has 0 N–H and O–H groups in total. The Hall–Kier alpha value is -2.50. The summed E-state index contributed by atoms with van der Waals surface area (Å²) >= 11 is 0. The highest BCUT2D eigenvalue weighted by Crippen LogP contribution is 2.27. The highest BCUT2D eigenvalue weighted by molar-refractivity contribution is 5.70. The predicted octanol–water partition coefficient (Wildman–Crippen LogP) is 2.54. The van der Waals surface area contributed by atoms with E-state index >= 15 is 0 Å². The number of aromatic nitrogens is 2. The Morgan fingerprint density at radius 2 is 2.00 bits per heavy atom. The van der Waals surface area contributed by atoms with Crippen LogP contribution in [0.25, 0.3) is 11.3 Å². The Kier molecular flexibility index (Phi) is 3.51. The number of hydrogen-bond acceptors (Lipinski definition) is 4. The number of fused-ring (bicyclic) bond motifs is 1. The third-order valence-corrected chi connectivity index (χ3v) is 3.75. The van der Waals surface area contributed by atoms with Crippen LogP contribution in [0.4, 0.5) is 5.69 Å². The van der Waals surface area contributed by atoms with Gasteiger partial charge in [0.1, 0.15) is 5.82 Å². The quantitative estimate of drug-likeness (QED) is 0.627. The van der Waals surface area contributed by atoms with Gasteiger partial charge in [0.05, 0.1) is 16.2 Å². The van der Waals surface area contributed by atoms with Crippen LogP contribution in [0.3, 0.4) is 0 Å². The van der Waals surface area contributed by atoms with Crippen LogP contribution in [-0.2, 0) is 13.0 Å². The lowest BCUT2D eigenvalue weighted by Gasteiger charge is -2.10. The van der Waals surface area contributed by atoms with Gasteiger partial charge in [0, 0.05) is 25.1 Å². The first-order chi connectivity index (χ1) is 10.2. The van der Waals surface area contributed by atoms with E-state index in [9.17, 15) is 14.9 Å². The molecule has 108 valence electrons. The second kappa shape index (κ2) is 5.47. The van der Waals surface area contributed by atoms with Crippen molar-refractivity contribution < 1.29 is 4.92 Å². The normalized spacial score (nSPS) is 14.3. The number of para-hydroxylation sites is 1. The van der Waals surface area contributed by atoms with Crippen LogP contribution < -0.4 is 5.56 Å². The van der Waals surface area contributed by atoms with Crippen molar-refractivity contribution in [2.24, 2.45) is 0 Å². The zero-order valence-corrected chi connectivity index (χ0v) is 11.5. The van der Waals surface area contributed by atoms with Gasteiger partial charge in [-0.1, -0.05) is 18.6 Å². The van der Waals surface area contributed by atoms with E-state index in [1.54, 1.807) is 22.8 Å². The first-order valence-electron chi connectivity index (χ1n) is 7.01. The standard InChI is InChI=1S/C15H15N3O3/c19-15-10-12(11-6-3-4-7-13(11)18(20)21)16-14-8-2-1-5-9-17(14)15/h3-4,6-7,10H,1-2,5,8-9H2. The molecule has 0 saturated carbocycles. The summed E-state index contributed by atoms with van der Waals surface area (Å²) in [7, 11) is 0. The van der Waals surface area contributed by atoms with Crippen molar-refractivity contribution in [1.82, 2.24) is 9.55 Å². The second-order valence-corrected chi connectivity index (χ2v) is 5.13. The third-order valence-electron chi connectivity index (χ3n) is 3.75. The maximum atomic E-state index is 12.2. The molecular formula is C15H15N3O3. The van der Waals surface area contributed by atoms with Gasteiger partial charge in [0.15, 0.2) is 0 Å². The summed E-state index contributed by atoms with van der Waals surface area (Å²) in [5.41, 5.74) is 0.630. The molecule has 1 aromatic carbocycles. The number of rotatable bonds is 2. The van der Waals surface area contributed by atoms with Crippen molar-refractivity contribution in [3.63, 3.8) is 0 Å². The first-order valence-corrected chi connectivity index (χ1v) is 7.01. The molecule has 1 aliphatic rings. The molecule has 2 aromatic rings. The minimum Gasteiger partial charge on any atom is -0.297 e. The number of aryl methyl sites for hydroxylation is 1. The molecule has 0 saturated heterocycles. The molecule has 6 heteroatoms. The number of nitro groups is 1. The van der Waals surface area contributed by atoms with Crippen molar-refractivity contribution in [3.8, 4) is 11.3 Å². The topological polar surface area (TPSA) is 78.0 Å². The van der Waals surface area contributed by atoms with E-state index in [1.807, 2.05) is 0 Å². The van der Waals surface area contributed by atoms with Crippen LogP contribution in [-0.4, -0.2) is 14.5 Å². The van der Waals surface area contributed by atoms with Gasteiger partial charge < -0.3 is 0 Å². The van der Waals surface area contributed by atoms with E-state index in [0.717, 1.165) is 31.5 Å². The summed E-state index contributed by atoms with van der Waals surface area (Å²) in [6.07, 6.45) is 3.78. The van der Waals surface area contributed by atoms with Gasteiger partial charge in [0.2, 0.25) is 0 Å². The Bertz CT molecular complexity index is 752. The first kappa shape index (κ1) is 13.5. The van der Waals surface area contributed by atoms with Crippen molar-refractivity contribution in [1.29, 1.82) is 0 Å². The summed E-state index contributed by atoms with van der Waals surface area (Å²) in [5.74, 6) is 0.730. The molecule has 6 nitrogen and oxygen atoms in total. The third kappa shape index (κ3) is 2.56. The average Bonchev–Trinajstić information content (AvgIpc) is 2.73. The Morgan fingerprint density at radius 1 is 1.19 bits per heavy atom. The molecule has 3 rings (SSSR count). The van der Waals surface area contributed by atoms with Crippen molar-refractivity contribution in [3.05, 3.63) is 56.6 Å². The van der Waals surface area contributed by atoms with Gasteiger partial charge in [-0.3, -0.25) is 19.5 Å². The van der Waals surface area contributed by atoms with Gasteiger partial charge in [-0.2, -0.15) is 0 Å². The molecule has 0 fully saturated rings. The lowest BCUT2D eigenvalue weighted by atomic mass is 10.1. The molecule has 0 atom stereocenters. The van der Waals surface area contributed by atoms with E-state index in [4.69, 9.17) is 0 Å². The number of nitrogens with zero attached hydrogens (tertiary/aromatic N) is 3. The van der Waals surface area contributed by atoms with E-state index in [2.05, 4.69) is 4.98 Å². The maximum absolute atomic E-state index is 12.2. The molecule has 0 amide bonds. The molecule has 0 unspecified atom stereocenters. The predicted molar refractivity (Wildman–Crippen MR) is 78.1 cm³/mol.